The second-order valence-corrected chi connectivity index (χ2v) is 5.48. The second kappa shape index (κ2) is 8.29. The molecule has 0 aliphatic rings. The number of amides is 1. The van der Waals surface area contributed by atoms with Crippen molar-refractivity contribution in [2.75, 3.05) is 30.9 Å². The standard InChI is InChI=1S/C18H23N3O2/c1-13-5-6-14(2)16(11-13)21-18(22)15-7-8-17(20-12-15)19-9-4-10-23-3/h5-8,11-12H,4,9-10H2,1-3H3,(H,19,20)(H,21,22). The summed E-state index contributed by atoms with van der Waals surface area (Å²) < 4.78 is 4.99. The van der Waals surface area contributed by atoms with Crippen molar-refractivity contribution in [1.82, 2.24) is 4.98 Å². The van der Waals surface area contributed by atoms with Crippen LogP contribution in [0.25, 0.3) is 0 Å². The Morgan fingerprint density at radius 3 is 2.74 bits per heavy atom. The number of nitrogens with zero attached hydrogens (tertiary/aromatic N) is 1. The normalized spacial score (nSPS) is 10.4. The van der Waals surface area contributed by atoms with Gasteiger partial charge >= 0.3 is 0 Å². The van der Waals surface area contributed by atoms with E-state index in [0.717, 1.165) is 35.6 Å². The zero-order chi connectivity index (χ0) is 16.7. The van der Waals surface area contributed by atoms with Crippen molar-refractivity contribution in [2.24, 2.45) is 0 Å². The van der Waals surface area contributed by atoms with E-state index in [1.165, 1.54) is 0 Å². The average Bonchev–Trinajstić information content (AvgIpc) is 2.55. The molecule has 2 aromatic rings. The van der Waals surface area contributed by atoms with Gasteiger partial charge in [-0.1, -0.05) is 12.1 Å². The Bertz CT molecular complexity index is 654. The lowest BCUT2D eigenvalue weighted by Crippen LogP contribution is -2.13. The van der Waals surface area contributed by atoms with Crippen LogP contribution < -0.4 is 10.6 Å². The summed E-state index contributed by atoms with van der Waals surface area (Å²) in [6.07, 6.45) is 2.49. The highest BCUT2D eigenvalue weighted by atomic mass is 16.5. The third-order valence-corrected chi connectivity index (χ3v) is 3.50. The molecule has 0 aliphatic carbocycles. The fraction of sp³-hybridized carbons (Fsp3) is 0.333. The highest BCUT2D eigenvalue weighted by Gasteiger charge is 2.08. The van der Waals surface area contributed by atoms with Crippen LogP contribution in [-0.4, -0.2) is 31.2 Å². The van der Waals surface area contributed by atoms with Gasteiger partial charge in [-0.2, -0.15) is 0 Å². The molecule has 0 unspecified atom stereocenters. The van der Waals surface area contributed by atoms with Crippen LogP contribution in [-0.2, 0) is 4.74 Å². The number of carbonyl (C=O) groups is 1. The van der Waals surface area contributed by atoms with Crippen LogP contribution in [0, 0.1) is 13.8 Å². The van der Waals surface area contributed by atoms with Gasteiger partial charge in [-0.25, -0.2) is 4.98 Å². The minimum Gasteiger partial charge on any atom is -0.385 e. The zero-order valence-electron chi connectivity index (χ0n) is 13.8. The molecule has 2 N–H and O–H groups in total. The lowest BCUT2D eigenvalue weighted by molar-refractivity contribution is 0.102. The van der Waals surface area contributed by atoms with Gasteiger partial charge in [0, 0.05) is 32.1 Å². The number of aryl methyl sites for hydroxylation is 2. The molecule has 0 atom stereocenters. The first-order chi connectivity index (χ1) is 11.1. The van der Waals surface area contributed by atoms with Crippen molar-refractivity contribution in [2.45, 2.75) is 20.3 Å². The minimum absolute atomic E-state index is 0.155. The van der Waals surface area contributed by atoms with Crippen molar-refractivity contribution in [3.8, 4) is 0 Å². The molecule has 5 heteroatoms. The minimum atomic E-state index is -0.155. The molecule has 1 heterocycles. The van der Waals surface area contributed by atoms with Crippen molar-refractivity contribution in [3.05, 3.63) is 53.2 Å². The van der Waals surface area contributed by atoms with Gasteiger partial charge < -0.3 is 15.4 Å². The molecular formula is C18H23N3O2. The van der Waals surface area contributed by atoms with Crippen LogP contribution in [0.3, 0.4) is 0 Å². The smallest absolute Gasteiger partial charge is 0.257 e. The number of methoxy groups -OCH3 is 1. The predicted octanol–water partition coefficient (Wildman–Crippen LogP) is 3.40. The lowest BCUT2D eigenvalue weighted by Gasteiger charge is -2.10. The molecule has 5 nitrogen and oxygen atoms in total. The van der Waals surface area contributed by atoms with Gasteiger partial charge in [-0.3, -0.25) is 4.79 Å². The van der Waals surface area contributed by atoms with Gasteiger partial charge in [0.25, 0.3) is 5.91 Å². The van der Waals surface area contributed by atoms with Gasteiger partial charge in [0.05, 0.1) is 5.56 Å². The summed E-state index contributed by atoms with van der Waals surface area (Å²) in [5.74, 6) is 0.599. The average molecular weight is 313 g/mol. The third-order valence-electron chi connectivity index (χ3n) is 3.50. The molecule has 2 rings (SSSR count). The summed E-state index contributed by atoms with van der Waals surface area (Å²) in [5, 5.41) is 6.12. The third kappa shape index (κ3) is 5.07. The van der Waals surface area contributed by atoms with E-state index >= 15 is 0 Å². The van der Waals surface area contributed by atoms with Crippen molar-refractivity contribution < 1.29 is 9.53 Å². The quantitative estimate of drug-likeness (QED) is 0.769. The number of nitrogens with one attached hydrogen (secondary N) is 2. The van der Waals surface area contributed by atoms with Crippen LogP contribution in [0.5, 0.6) is 0 Å². The molecule has 1 aromatic carbocycles. The molecule has 1 amide bonds. The number of rotatable bonds is 7. The molecule has 0 saturated heterocycles. The van der Waals surface area contributed by atoms with E-state index in [1.54, 1.807) is 19.4 Å². The van der Waals surface area contributed by atoms with Crippen molar-refractivity contribution >= 4 is 17.4 Å². The maximum absolute atomic E-state index is 12.3. The zero-order valence-corrected chi connectivity index (χ0v) is 13.8. The maximum Gasteiger partial charge on any atom is 0.257 e. The Labute approximate surface area is 137 Å². The van der Waals surface area contributed by atoms with Gasteiger partial charge in [-0.05, 0) is 49.6 Å². The summed E-state index contributed by atoms with van der Waals surface area (Å²) in [5.41, 5.74) is 3.51. The number of anilines is 2. The van der Waals surface area contributed by atoms with E-state index in [1.807, 2.05) is 38.1 Å². The topological polar surface area (TPSA) is 63.2 Å². The Hall–Kier alpha value is -2.40. The molecule has 0 fully saturated rings. The molecule has 23 heavy (non-hydrogen) atoms. The van der Waals surface area contributed by atoms with Crippen LogP contribution in [0.1, 0.15) is 27.9 Å². The fourth-order valence-electron chi connectivity index (χ4n) is 2.13. The molecular weight excluding hydrogens is 290 g/mol. The number of carbonyl (C=O) groups excluding carboxylic acids is 1. The number of hydrogen-bond donors (Lipinski definition) is 2. The highest BCUT2D eigenvalue weighted by Crippen LogP contribution is 2.17. The summed E-state index contributed by atoms with van der Waals surface area (Å²) >= 11 is 0. The monoisotopic (exact) mass is 313 g/mol. The Balaban J connectivity index is 1.96. The van der Waals surface area contributed by atoms with Crippen LogP contribution in [0.15, 0.2) is 36.5 Å². The molecule has 0 spiro atoms. The lowest BCUT2D eigenvalue weighted by atomic mass is 10.1. The number of pyridine rings is 1. The summed E-state index contributed by atoms with van der Waals surface area (Å²) in [6, 6.07) is 9.57. The Kier molecular flexibility index (Phi) is 6.11. The van der Waals surface area contributed by atoms with E-state index in [-0.39, 0.29) is 5.91 Å². The number of aromatic nitrogens is 1. The van der Waals surface area contributed by atoms with E-state index in [0.29, 0.717) is 12.2 Å². The summed E-state index contributed by atoms with van der Waals surface area (Å²) in [7, 11) is 1.68. The number of ether oxygens (including phenoxy) is 1. The van der Waals surface area contributed by atoms with Gasteiger partial charge in [0.1, 0.15) is 5.82 Å². The summed E-state index contributed by atoms with van der Waals surface area (Å²) in [4.78, 5) is 16.6. The Morgan fingerprint density at radius 2 is 2.04 bits per heavy atom. The number of hydrogen-bond acceptors (Lipinski definition) is 4. The number of benzene rings is 1. The maximum atomic E-state index is 12.3. The van der Waals surface area contributed by atoms with E-state index < -0.39 is 0 Å². The van der Waals surface area contributed by atoms with Crippen molar-refractivity contribution in [3.63, 3.8) is 0 Å². The molecule has 0 radical (unpaired) electrons. The molecule has 122 valence electrons. The molecule has 0 bridgehead atoms. The first-order valence-corrected chi connectivity index (χ1v) is 7.67. The first kappa shape index (κ1) is 17.0. The first-order valence-electron chi connectivity index (χ1n) is 7.67. The Morgan fingerprint density at radius 1 is 1.22 bits per heavy atom. The highest BCUT2D eigenvalue weighted by molar-refractivity contribution is 6.04. The van der Waals surface area contributed by atoms with E-state index in [4.69, 9.17) is 4.74 Å². The second-order valence-electron chi connectivity index (χ2n) is 5.48. The van der Waals surface area contributed by atoms with Crippen LogP contribution in [0.4, 0.5) is 11.5 Å². The SMILES string of the molecule is COCCCNc1ccc(C(=O)Nc2cc(C)ccc2C)cn1. The van der Waals surface area contributed by atoms with E-state index in [9.17, 15) is 4.79 Å². The van der Waals surface area contributed by atoms with Gasteiger partial charge in [0.2, 0.25) is 0 Å². The van der Waals surface area contributed by atoms with Gasteiger partial charge in [0.15, 0.2) is 0 Å². The van der Waals surface area contributed by atoms with E-state index in [2.05, 4.69) is 15.6 Å². The van der Waals surface area contributed by atoms with Crippen LogP contribution >= 0.6 is 0 Å². The molecule has 1 aromatic heterocycles. The molecule has 0 saturated carbocycles. The van der Waals surface area contributed by atoms with Crippen LogP contribution in [0.2, 0.25) is 0 Å². The molecule has 0 aliphatic heterocycles. The predicted molar refractivity (Wildman–Crippen MR) is 93.1 cm³/mol. The fourth-order valence-corrected chi connectivity index (χ4v) is 2.13. The largest absolute Gasteiger partial charge is 0.385 e. The van der Waals surface area contributed by atoms with Crippen molar-refractivity contribution in [1.29, 1.82) is 0 Å². The van der Waals surface area contributed by atoms with Gasteiger partial charge in [-0.15, -0.1) is 0 Å². The summed E-state index contributed by atoms with van der Waals surface area (Å²) in [6.45, 7) is 5.47.